The van der Waals surface area contributed by atoms with Crippen LogP contribution in [0.2, 0.25) is 0 Å². The van der Waals surface area contributed by atoms with Gasteiger partial charge in [0.1, 0.15) is 5.82 Å². The first-order chi connectivity index (χ1) is 10.3. The Balaban J connectivity index is 1.90. The predicted octanol–water partition coefficient (Wildman–Crippen LogP) is -0.0116. The molecule has 1 aliphatic rings. The molecule has 2 heterocycles. The lowest BCUT2D eigenvalue weighted by molar-refractivity contribution is 0.483. The van der Waals surface area contributed by atoms with Crippen LogP contribution in [0, 0.1) is 0 Å². The second kappa shape index (κ2) is 5.00. The van der Waals surface area contributed by atoms with Crippen LogP contribution in [-0.2, 0) is 16.7 Å². The third-order valence-corrected chi connectivity index (χ3v) is 4.19. The zero-order chi connectivity index (χ0) is 15.9. The van der Waals surface area contributed by atoms with Crippen molar-refractivity contribution in [3.63, 3.8) is 0 Å². The molecule has 10 heteroatoms. The van der Waals surface area contributed by atoms with Crippen molar-refractivity contribution in [2.24, 2.45) is 0 Å². The number of hydrogen-bond acceptors (Lipinski definition) is 7. The van der Waals surface area contributed by atoms with Crippen LogP contribution < -0.4 is 21.5 Å². The van der Waals surface area contributed by atoms with Gasteiger partial charge in [0, 0.05) is 5.69 Å². The molecule has 0 radical (unpaired) electrons. The fourth-order valence-electron chi connectivity index (χ4n) is 2.24. The number of nitrogen functional groups attached to an aromatic ring is 1. The standard InChI is InChI=1S/C12H13N5O4S/c13-12-15-10-9(11(18)16-12)5-17(6-14-10)7-1-3-8(4-2-7)22(19,20)21/h1-4H,5-6H2,(H,19,20,21)(H4,13,14,15,16,18). The first-order valence-electron chi connectivity index (χ1n) is 6.29. The maximum Gasteiger partial charge on any atom is 0.294 e. The van der Waals surface area contributed by atoms with E-state index in [9.17, 15) is 13.2 Å². The Bertz CT molecular complexity index is 875. The Hall–Kier alpha value is -2.59. The molecule has 5 N–H and O–H groups in total. The van der Waals surface area contributed by atoms with Crippen molar-refractivity contribution in [2.45, 2.75) is 11.4 Å². The molecule has 2 aromatic rings. The highest BCUT2D eigenvalue weighted by atomic mass is 32.2. The summed E-state index contributed by atoms with van der Waals surface area (Å²) in [5.41, 5.74) is 6.30. The summed E-state index contributed by atoms with van der Waals surface area (Å²) in [4.78, 5) is 20.0. The summed E-state index contributed by atoms with van der Waals surface area (Å²) in [5.74, 6) is 0.481. The van der Waals surface area contributed by atoms with Crippen LogP contribution in [-0.4, -0.2) is 29.6 Å². The Labute approximate surface area is 125 Å². The average molecular weight is 323 g/mol. The molecule has 3 rings (SSSR count). The molecule has 0 saturated heterocycles. The smallest absolute Gasteiger partial charge is 0.294 e. The summed E-state index contributed by atoms with van der Waals surface area (Å²) < 4.78 is 31.0. The Morgan fingerprint density at radius 3 is 2.59 bits per heavy atom. The number of anilines is 3. The van der Waals surface area contributed by atoms with E-state index < -0.39 is 10.1 Å². The van der Waals surface area contributed by atoms with Gasteiger partial charge in [-0.25, -0.2) is 0 Å². The molecule has 1 aromatic carbocycles. The second-order valence-electron chi connectivity index (χ2n) is 4.78. The number of fused-ring (bicyclic) bond motifs is 1. The summed E-state index contributed by atoms with van der Waals surface area (Å²) in [5, 5.41) is 2.98. The number of H-pyrrole nitrogens is 1. The number of nitrogens with two attached hydrogens (primary N) is 1. The lowest BCUT2D eigenvalue weighted by Crippen LogP contribution is -2.38. The zero-order valence-electron chi connectivity index (χ0n) is 11.3. The van der Waals surface area contributed by atoms with Gasteiger partial charge < -0.3 is 16.0 Å². The lowest BCUT2D eigenvalue weighted by Gasteiger charge is -2.30. The van der Waals surface area contributed by atoms with Crippen molar-refractivity contribution in [1.82, 2.24) is 9.97 Å². The molecule has 9 nitrogen and oxygen atoms in total. The Morgan fingerprint density at radius 1 is 1.27 bits per heavy atom. The van der Waals surface area contributed by atoms with Gasteiger partial charge in [-0.2, -0.15) is 13.4 Å². The second-order valence-corrected chi connectivity index (χ2v) is 6.20. The monoisotopic (exact) mass is 323 g/mol. The van der Waals surface area contributed by atoms with E-state index in [1.54, 1.807) is 12.1 Å². The summed E-state index contributed by atoms with van der Waals surface area (Å²) in [6.07, 6.45) is 0. The van der Waals surface area contributed by atoms with Gasteiger partial charge in [0.2, 0.25) is 5.95 Å². The third kappa shape index (κ3) is 2.61. The van der Waals surface area contributed by atoms with Gasteiger partial charge in [-0.3, -0.25) is 14.3 Å². The molecule has 0 saturated carbocycles. The van der Waals surface area contributed by atoms with Gasteiger partial charge >= 0.3 is 0 Å². The van der Waals surface area contributed by atoms with Gasteiger partial charge in [-0.1, -0.05) is 0 Å². The van der Waals surface area contributed by atoms with Gasteiger partial charge in [0.25, 0.3) is 15.7 Å². The fourth-order valence-corrected chi connectivity index (χ4v) is 2.72. The molecule has 0 bridgehead atoms. The third-order valence-electron chi connectivity index (χ3n) is 3.32. The SMILES string of the molecule is Nc1nc2c(c(=O)[nH]1)CN(c1ccc(S(=O)(=O)O)cc1)CN2. The van der Waals surface area contributed by atoms with Crippen LogP contribution in [0.15, 0.2) is 34.0 Å². The van der Waals surface area contributed by atoms with Crippen molar-refractivity contribution in [2.75, 3.05) is 22.6 Å². The van der Waals surface area contributed by atoms with Crippen molar-refractivity contribution in [1.29, 1.82) is 0 Å². The summed E-state index contributed by atoms with van der Waals surface area (Å²) in [6.45, 7) is 0.685. The van der Waals surface area contributed by atoms with Gasteiger partial charge in [0.15, 0.2) is 0 Å². The van der Waals surface area contributed by atoms with E-state index in [2.05, 4.69) is 15.3 Å². The maximum atomic E-state index is 11.9. The molecule has 116 valence electrons. The van der Waals surface area contributed by atoms with Crippen LogP contribution in [0.4, 0.5) is 17.5 Å². The largest absolute Gasteiger partial charge is 0.369 e. The highest BCUT2D eigenvalue weighted by Crippen LogP contribution is 2.24. The molecule has 0 atom stereocenters. The maximum absolute atomic E-state index is 11.9. The lowest BCUT2D eigenvalue weighted by atomic mass is 10.2. The zero-order valence-corrected chi connectivity index (χ0v) is 12.1. The van der Waals surface area contributed by atoms with E-state index in [4.69, 9.17) is 10.3 Å². The van der Waals surface area contributed by atoms with Crippen molar-refractivity contribution < 1.29 is 13.0 Å². The first kappa shape index (κ1) is 14.4. The summed E-state index contributed by atoms with van der Waals surface area (Å²) in [7, 11) is -4.22. The average Bonchev–Trinajstić information content (AvgIpc) is 2.46. The van der Waals surface area contributed by atoms with Gasteiger partial charge in [0.05, 0.1) is 23.7 Å². The molecule has 0 spiro atoms. The van der Waals surface area contributed by atoms with Crippen LogP contribution in [0.3, 0.4) is 0 Å². The number of rotatable bonds is 2. The topological polar surface area (TPSA) is 141 Å². The van der Waals surface area contributed by atoms with E-state index in [0.29, 0.717) is 30.3 Å². The van der Waals surface area contributed by atoms with Gasteiger partial charge in [-0.05, 0) is 24.3 Å². The van der Waals surface area contributed by atoms with E-state index in [1.807, 2.05) is 4.90 Å². The predicted molar refractivity (Wildman–Crippen MR) is 80.2 cm³/mol. The molecule has 1 aromatic heterocycles. The highest BCUT2D eigenvalue weighted by Gasteiger charge is 2.21. The highest BCUT2D eigenvalue weighted by molar-refractivity contribution is 7.85. The number of aromatic nitrogens is 2. The number of benzene rings is 1. The number of hydrogen-bond donors (Lipinski definition) is 4. The summed E-state index contributed by atoms with van der Waals surface area (Å²) >= 11 is 0. The van der Waals surface area contributed by atoms with Gasteiger partial charge in [-0.15, -0.1) is 0 Å². The molecular formula is C12H13N5O4S. The molecule has 1 aliphatic heterocycles. The minimum Gasteiger partial charge on any atom is -0.369 e. The minimum absolute atomic E-state index is 0.0437. The fraction of sp³-hybridized carbons (Fsp3) is 0.167. The number of aromatic amines is 1. The first-order valence-corrected chi connectivity index (χ1v) is 7.73. The quantitative estimate of drug-likeness (QED) is 0.565. The molecule has 22 heavy (non-hydrogen) atoms. The Kier molecular flexibility index (Phi) is 3.26. The van der Waals surface area contributed by atoms with Crippen molar-refractivity contribution >= 4 is 27.6 Å². The van der Waals surface area contributed by atoms with Crippen LogP contribution >= 0.6 is 0 Å². The Morgan fingerprint density at radius 2 is 1.95 bits per heavy atom. The molecule has 0 unspecified atom stereocenters. The van der Waals surface area contributed by atoms with Crippen molar-refractivity contribution in [3.8, 4) is 0 Å². The van der Waals surface area contributed by atoms with Crippen LogP contribution in [0.1, 0.15) is 5.56 Å². The molecule has 0 fully saturated rings. The summed E-state index contributed by atoms with van der Waals surface area (Å²) in [6, 6.07) is 5.70. The number of nitrogens with zero attached hydrogens (tertiary/aromatic N) is 2. The van der Waals surface area contributed by atoms with E-state index in [-0.39, 0.29) is 16.4 Å². The van der Waals surface area contributed by atoms with Crippen LogP contribution in [0.25, 0.3) is 0 Å². The molecular weight excluding hydrogens is 310 g/mol. The van der Waals surface area contributed by atoms with E-state index in [1.165, 1.54) is 12.1 Å². The normalized spacial score (nSPS) is 14.3. The molecule has 0 aliphatic carbocycles. The van der Waals surface area contributed by atoms with E-state index in [0.717, 1.165) is 0 Å². The van der Waals surface area contributed by atoms with Crippen molar-refractivity contribution in [3.05, 3.63) is 40.2 Å². The van der Waals surface area contributed by atoms with Crippen LogP contribution in [0.5, 0.6) is 0 Å². The number of nitrogens with one attached hydrogen (secondary N) is 2. The minimum atomic E-state index is -4.22. The van der Waals surface area contributed by atoms with E-state index >= 15 is 0 Å². The molecule has 0 amide bonds.